The largest absolute Gasteiger partial charge is 0.496 e. The number of methoxy groups -OCH3 is 1. The van der Waals surface area contributed by atoms with E-state index < -0.39 is 5.76 Å². The summed E-state index contributed by atoms with van der Waals surface area (Å²) < 4.78 is 12.6. The van der Waals surface area contributed by atoms with Crippen molar-refractivity contribution in [2.45, 2.75) is 6.54 Å². The molecule has 0 aliphatic carbocycles. The van der Waals surface area contributed by atoms with Crippen LogP contribution >= 0.6 is 27.3 Å². The highest BCUT2D eigenvalue weighted by atomic mass is 79.9. The van der Waals surface area contributed by atoms with Gasteiger partial charge in [-0.15, -0.1) is 11.3 Å². The Kier molecular flexibility index (Phi) is 3.94. The van der Waals surface area contributed by atoms with Crippen LogP contribution < -0.4 is 10.5 Å². The number of rotatable bonds is 4. The third-order valence-electron chi connectivity index (χ3n) is 3.00. The molecule has 3 aromatic rings. The molecule has 0 unspecified atom stereocenters. The number of ether oxygens (including phenoxy) is 1. The lowest BCUT2D eigenvalue weighted by atomic mass is 10.2. The first kappa shape index (κ1) is 14.1. The van der Waals surface area contributed by atoms with E-state index in [1.807, 2.05) is 35.7 Å². The Hall–Kier alpha value is -1.86. The van der Waals surface area contributed by atoms with E-state index in [2.05, 4.69) is 21.1 Å². The summed E-state index contributed by atoms with van der Waals surface area (Å²) in [7, 11) is 1.60. The van der Waals surface area contributed by atoms with Crippen LogP contribution in [0.5, 0.6) is 5.75 Å². The van der Waals surface area contributed by atoms with E-state index in [1.54, 1.807) is 7.11 Å². The van der Waals surface area contributed by atoms with Crippen LogP contribution in [0.3, 0.4) is 0 Å². The molecule has 0 spiro atoms. The lowest BCUT2D eigenvalue weighted by Crippen LogP contribution is -2.16. The van der Waals surface area contributed by atoms with Gasteiger partial charge in [0.1, 0.15) is 5.75 Å². The molecule has 0 saturated carbocycles. The third kappa shape index (κ3) is 2.79. The molecule has 7 heteroatoms. The molecule has 0 bridgehead atoms. The Balaban J connectivity index is 2.05. The van der Waals surface area contributed by atoms with Crippen molar-refractivity contribution < 1.29 is 9.26 Å². The fourth-order valence-corrected chi connectivity index (χ4v) is 3.15. The van der Waals surface area contributed by atoms with Crippen LogP contribution in [0.25, 0.3) is 10.7 Å². The van der Waals surface area contributed by atoms with Crippen molar-refractivity contribution in [3.05, 3.63) is 56.3 Å². The highest BCUT2D eigenvalue weighted by Gasteiger charge is 2.16. The molecular formula is C14H11BrN2O3S. The first-order valence-corrected chi connectivity index (χ1v) is 7.79. The minimum atomic E-state index is -0.486. The van der Waals surface area contributed by atoms with E-state index in [1.165, 1.54) is 15.9 Å². The van der Waals surface area contributed by atoms with Gasteiger partial charge in [-0.1, -0.05) is 27.2 Å². The van der Waals surface area contributed by atoms with Crippen LogP contribution in [0.4, 0.5) is 0 Å². The highest BCUT2D eigenvalue weighted by Crippen LogP contribution is 2.26. The maximum Gasteiger partial charge on any atom is 0.442 e. The average molecular weight is 367 g/mol. The third-order valence-corrected chi connectivity index (χ3v) is 4.36. The van der Waals surface area contributed by atoms with Gasteiger partial charge in [0.25, 0.3) is 0 Å². The molecule has 0 atom stereocenters. The van der Waals surface area contributed by atoms with E-state index in [0.717, 1.165) is 14.9 Å². The first-order chi connectivity index (χ1) is 10.2. The SMILES string of the molecule is COc1ccc(Br)cc1Cn1c(-c2cccs2)noc1=O. The van der Waals surface area contributed by atoms with Gasteiger partial charge >= 0.3 is 5.76 Å². The van der Waals surface area contributed by atoms with Crippen molar-refractivity contribution >= 4 is 27.3 Å². The van der Waals surface area contributed by atoms with Crippen molar-refractivity contribution in [1.82, 2.24) is 9.72 Å². The minimum Gasteiger partial charge on any atom is -0.496 e. The summed E-state index contributed by atoms with van der Waals surface area (Å²) in [5, 5.41) is 5.79. The van der Waals surface area contributed by atoms with Gasteiger partial charge in [0.15, 0.2) is 5.82 Å². The molecule has 0 amide bonds. The molecule has 2 heterocycles. The van der Waals surface area contributed by atoms with Crippen LogP contribution in [-0.2, 0) is 6.54 Å². The Bertz CT molecular complexity index is 808. The number of thiophene rings is 1. The summed E-state index contributed by atoms with van der Waals surface area (Å²) in [6.45, 7) is 0.332. The van der Waals surface area contributed by atoms with Crippen molar-refractivity contribution in [2.24, 2.45) is 0 Å². The number of hydrogen-bond acceptors (Lipinski definition) is 5. The normalized spacial score (nSPS) is 10.8. The monoisotopic (exact) mass is 366 g/mol. The Labute approximate surface area is 132 Å². The zero-order valence-electron chi connectivity index (χ0n) is 11.1. The number of hydrogen-bond donors (Lipinski definition) is 0. The van der Waals surface area contributed by atoms with Gasteiger partial charge in [0.2, 0.25) is 0 Å². The van der Waals surface area contributed by atoms with Gasteiger partial charge in [-0.05, 0) is 29.6 Å². The number of nitrogens with zero attached hydrogens (tertiary/aromatic N) is 2. The van der Waals surface area contributed by atoms with Gasteiger partial charge in [-0.25, -0.2) is 4.79 Å². The molecule has 3 rings (SSSR count). The smallest absolute Gasteiger partial charge is 0.442 e. The van der Waals surface area contributed by atoms with Crippen LogP contribution in [0.2, 0.25) is 0 Å². The van der Waals surface area contributed by atoms with Gasteiger partial charge < -0.3 is 4.74 Å². The van der Waals surface area contributed by atoms with E-state index >= 15 is 0 Å². The van der Waals surface area contributed by atoms with E-state index in [-0.39, 0.29) is 0 Å². The number of halogens is 1. The molecule has 5 nitrogen and oxygen atoms in total. The molecule has 0 saturated heterocycles. The van der Waals surface area contributed by atoms with E-state index in [0.29, 0.717) is 18.1 Å². The standard InChI is InChI=1S/C14H11BrN2O3S/c1-19-11-5-4-10(15)7-9(11)8-17-13(16-20-14(17)18)12-3-2-6-21-12/h2-7H,8H2,1H3. The Morgan fingerprint density at radius 3 is 3.00 bits per heavy atom. The molecular weight excluding hydrogens is 356 g/mol. The summed E-state index contributed by atoms with van der Waals surface area (Å²) in [5.74, 6) is 0.751. The molecule has 21 heavy (non-hydrogen) atoms. The predicted molar refractivity (Wildman–Crippen MR) is 83.9 cm³/mol. The second-order valence-corrected chi connectivity index (χ2v) is 6.16. The van der Waals surface area contributed by atoms with Crippen LogP contribution in [0, 0.1) is 0 Å². The van der Waals surface area contributed by atoms with Crippen LogP contribution in [-0.4, -0.2) is 16.8 Å². The van der Waals surface area contributed by atoms with Gasteiger partial charge in [-0.2, -0.15) is 0 Å². The lowest BCUT2D eigenvalue weighted by molar-refractivity contribution is 0.376. The predicted octanol–water partition coefficient (Wildman–Crippen LogP) is 3.38. The fourth-order valence-electron chi connectivity index (χ4n) is 2.03. The molecule has 0 aliphatic rings. The van der Waals surface area contributed by atoms with Gasteiger partial charge in [0.05, 0.1) is 18.5 Å². The van der Waals surface area contributed by atoms with E-state index in [4.69, 9.17) is 9.26 Å². The quantitative estimate of drug-likeness (QED) is 0.710. The highest BCUT2D eigenvalue weighted by molar-refractivity contribution is 9.10. The molecule has 2 aromatic heterocycles. The number of benzene rings is 1. The van der Waals surface area contributed by atoms with Crippen molar-refractivity contribution in [1.29, 1.82) is 0 Å². The summed E-state index contributed by atoms with van der Waals surface area (Å²) in [6.07, 6.45) is 0. The van der Waals surface area contributed by atoms with Crippen molar-refractivity contribution in [3.8, 4) is 16.5 Å². The van der Waals surface area contributed by atoms with Crippen molar-refractivity contribution in [2.75, 3.05) is 7.11 Å². The second kappa shape index (κ2) is 5.87. The Morgan fingerprint density at radius 2 is 2.29 bits per heavy atom. The van der Waals surface area contributed by atoms with Crippen LogP contribution in [0.1, 0.15) is 5.56 Å². The second-order valence-electron chi connectivity index (χ2n) is 4.29. The molecule has 0 fully saturated rings. The zero-order chi connectivity index (χ0) is 14.8. The molecule has 0 radical (unpaired) electrons. The average Bonchev–Trinajstić information content (AvgIpc) is 3.10. The maximum absolute atomic E-state index is 11.9. The topological polar surface area (TPSA) is 57.3 Å². The fraction of sp³-hybridized carbons (Fsp3) is 0.143. The zero-order valence-corrected chi connectivity index (χ0v) is 13.5. The van der Waals surface area contributed by atoms with Crippen LogP contribution in [0.15, 0.2) is 49.5 Å². The van der Waals surface area contributed by atoms with Crippen molar-refractivity contribution in [3.63, 3.8) is 0 Å². The summed E-state index contributed by atoms with van der Waals surface area (Å²) in [6, 6.07) is 9.46. The first-order valence-electron chi connectivity index (χ1n) is 6.12. The Morgan fingerprint density at radius 1 is 1.43 bits per heavy atom. The minimum absolute atomic E-state index is 0.332. The number of aromatic nitrogens is 2. The molecule has 1 aromatic carbocycles. The molecule has 0 N–H and O–H groups in total. The van der Waals surface area contributed by atoms with Gasteiger partial charge in [0, 0.05) is 10.0 Å². The lowest BCUT2D eigenvalue weighted by Gasteiger charge is -2.09. The molecule has 108 valence electrons. The summed E-state index contributed by atoms with van der Waals surface area (Å²) in [4.78, 5) is 12.8. The summed E-state index contributed by atoms with van der Waals surface area (Å²) >= 11 is 4.93. The van der Waals surface area contributed by atoms with E-state index in [9.17, 15) is 4.79 Å². The maximum atomic E-state index is 11.9. The van der Waals surface area contributed by atoms with Gasteiger partial charge in [-0.3, -0.25) is 9.09 Å². The summed E-state index contributed by atoms with van der Waals surface area (Å²) in [5.41, 5.74) is 0.870. The molecule has 0 aliphatic heterocycles.